The number of piperidine rings is 1. The number of thiophene rings is 1. The quantitative estimate of drug-likeness (QED) is 0.312. The largest absolute Gasteiger partial charge is 0.392 e. The average molecular weight is 515 g/mol. The number of carbonyl (C=O) groups excluding carboxylic acids is 1. The zero-order chi connectivity index (χ0) is 24.2. The molecule has 35 heavy (non-hydrogen) atoms. The first-order valence-electron chi connectivity index (χ1n) is 12.4. The number of halogens is 1. The smallest absolute Gasteiger partial charge is 0.172 e. The number of oxime groups is 1. The Labute approximate surface area is 215 Å². The third-order valence-corrected chi connectivity index (χ3v) is 8.15. The molecular weight excluding hydrogens is 484 g/mol. The van der Waals surface area contributed by atoms with Crippen molar-refractivity contribution >= 4 is 46.0 Å². The van der Waals surface area contributed by atoms with Crippen LogP contribution in [-0.2, 0) is 9.57 Å². The highest BCUT2D eigenvalue weighted by atomic mass is 35.5. The van der Waals surface area contributed by atoms with Crippen molar-refractivity contribution in [2.75, 3.05) is 44.3 Å². The maximum absolute atomic E-state index is 12.5. The number of nitrogens with one attached hydrogen (secondary N) is 1. The number of morpholine rings is 1. The minimum absolute atomic E-state index is 0.0912. The molecule has 0 spiro atoms. The van der Waals surface area contributed by atoms with Gasteiger partial charge in [-0.05, 0) is 43.9 Å². The highest BCUT2D eigenvalue weighted by Gasteiger charge is 2.28. The van der Waals surface area contributed by atoms with E-state index in [1.165, 1.54) is 17.8 Å². The Morgan fingerprint density at radius 3 is 2.66 bits per heavy atom. The van der Waals surface area contributed by atoms with Gasteiger partial charge in [0.2, 0.25) is 0 Å². The van der Waals surface area contributed by atoms with E-state index in [9.17, 15) is 4.79 Å². The number of likely N-dealkylation sites (tertiary alicyclic amines) is 1. The lowest BCUT2D eigenvalue weighted by atomic mass is 9.97. The topological polar surface area (TPSA) is 78.2 Å². The lowest BCUT2D eigenvalue weighted by Crippen LogP contribution is -2.38. The van der Waals surface area contributed by atoms with E-state index in [2.05, 4.69) is 27.1 Å². The number of hydrogen-bond acceptors (Lipinski definition) is 7. The summed E-state index contributed by atoms with van der Waals surface area (Å²) in [7, 11) is 0. The average Bonchev–Trinajstić information content (AvgIpc) is 3.57. The van der Waals surface area contributed by atoms with Gasteiger partial charge in [-0.3, -0.25) is 10.2 Å². The van der Waals surface area contributed by atoms with Gasteiger partial charge in [-0.25, -0.2) is 0 Å². The van der Waals surface area contributed by atoms with Gasteiger partial charge in [-0.2, -0.15) is 0 Å². The molecule has 5 rings (SSSR count). The van der Waals surface area contributed by atoms with Crippen LogP contribution in [0.1, 0.15) is 59.3 Å². The van der Waals surface area contributed by atoms with Crippen molar-refractivity contribution in [2.45, 2.75) is 44.6 Å². The van der Waals surface area contributed by atoms with E-state index in [-0.39, 0.29) is 11.9 Å². The summed E-state index contributed by atoms with van der Waals surface area (Å²) in [5.41, 5.74) is 3.97. The van der Waals surface area contributed by atoms with Crippen molar-refractivity contribution in [2.24, 2.45) is 5.16 Å². The third-order valence-electron chi connectivity index (χ3n) is 6.88. The van der Waals surface area contributed by atoms with Crippen LogP contribution in [0.5, 0.6) is 0 Å². The van der Waals surface area contributed by atoms with Crippen molar-refractivity contribution in [3.05, 3.63) is 50.7 Å². The van der Waals surface area contributed by atoms with E-state index in [0.717, 1.165) is 61.5 Å². The van der Waals surface area contributed by atoms with Crippen LogP contribution in [0.2, 0.25) is 4.34 Å². The first kappa shape index (κ1) is 24.3. The Balaban J connectivity index is 1.30. The lowest BCUT2D eigenvalue weighted by molar-refractivity contribution is 0.0720. The molecule has 7 nitrogen and oxygen atoms in total. The number of ketones is 1. The highest BCUT2D eigenvalue weighted by Crippen LogP contribution is 2.31. The van der Waals surface area contributed by atoms with Crippen LogP contribution >= 0.6 is 22.9 Å². The van der Waals surface area contributed by atoms with E-state index in [0.29, 0.717) is 47.5 Å². The van der Waals surface area contributed by atoms with Crippen LogP contribution in [-0.4, -0.2) is 67.7 Å². The van der Waals surface area contributed by atoms with E-state index in [4.69, 9.17) is 26.6 Å². The summed E-state index contributed by atoms with van der Waals surface area (Å²) in [5, 5.41) is 13.2. The summed E-state index contributed by atoms with van der Waals surface area (Å²) >= 11 is 7.28. The summed E-state index contributed by atoms with van der Waals surface area (Å²) in [4.78, 5) is 23.4. The van der Waals surface area contributed by atoms with Gasteiger partial charge in [0, 0.05) is 55.8 Å². The second-order valence-electron chi connectivity index (χ2n) is 9.26. The van der Waals surface area contributed by atoms with Crippen molar-refractivity contribution in [3.8, 4) is 0 Å². The van der Waals surface area contributed by atoms with Crippen molar-refractivity contribution in [1.29, 1.82) is 5.41 Å². The molecule has 2 saturated heterocycles. The van der Waals surface area contributed by atoms with E-state index >= 15 is 0 Å². The van der Waals surface area contributed by atoms with Gasteiger partial charge in [0.1, 0.15) is 11.9 Å². The number of rotatable bonds is 7. The number of ether oxygens (including phenoxy) is 1. The summed E-state index contributed by atoms with van der Waals surface area (Å²) < 4.78 is 6.21. The first-order valence-corrected chi connectivity index (χ1v) is 13.6. The van der Waals surface area contributed by atoms with Gasteiger partial charge in [0.25, 0.3) is 0 Å². The SMILES string of the molecule is N=C(c1ccc(C2=NOC(CCC(=O)c3ccc(Cl)s3)C2)c(N2CCOCC2)c1)N1CCCCC1. The molecule has 4 heterocycles. The van der Waals surface area contributed by atoms with Gasteiger partial charge in [0.05, 0.1) is 28.1 Å². The zero-order valence-corrected chi connectivity index (χ0v) is 21.4. The molecule has 9 heteroatoms. The fourth-order valence-electron chi connectivity index (χ4n) is 4.91. The van der Waals surface area contributed by atoms with Crippen LogP contribution in [0, 0.1) is 5.41 Å². The van der Waals surface area contributed by atoms with E-state index in [1.54, 1.807) is 12.1 Å². The standard InChI is InChI=1S/C26H31ClN4O3S/c27-25-9-8-24(35-25)23(32)7-5-19-17-21(29-34-19)20-6-4-18(26(28)31-10-2-1-3-11-31)16-22(20)30-12-14-33-15-13-30/h4,6,8-9,16,19,28H,1-3,5,7,10-15,17H2. The molecular formula is C26H31ClN4O3S. The Hall–Kier alpha value is -2.42. The lowest BCUT2D eigenvalue weighted by Gasteiger charge is -2.32. The molecule has 186 valence electrons. The van der Waals surface area contributed by atoms with Crippen LogP contribution in [0.4, 0.5) is 5.69 Å². The molecule has 3 aliphatic rings. The predicted molar refractivity (Wildman–Crippen MR) is 141 cm³/mol. The fourth-order valence-corrected chi connectivity index (χ4v) is 5.92. The normalized spacial score (nSPS) is 20.5. The number of amidine groups is 1. The number of carbonyl (C=O) groups is 1. The minimum atomic E-state index is -0.117. The molecule has 2 fully saturated rings. The minimum Gasteiger partial charge on any atom is -0.392 e. The zero-order valence-electron chi connectivity index (χ0n) is 19.8. The van der Waals surface area contributed by atoms with E-state index < -0.39 is 0 Å². The molecule has 0 bridgehead atoms. The Morgan fingerprint density at radius 1 is 1.11 bits per heavy atom. The van der Waals surface area contributed by atoms with Crippen LogP contribution in [0.15, 0.2) is 35.5 Å². The fraction of sp³-hybridized carbons (Fsp3) is 0.500. The monoisotopic (exact) mass is 514 g/mol. The van der Waals surface area contributed by atoms with E-state index in [1.807, 2.05) is 6.07 Å². The molecule has 0 radical (unpaired) electrons. The molecule has 1 aromatic heterocycles. The Morgan fingerprint density at radius 2 is 1.91 bits per heavy atom. The molecule has 1 unspecified atom stereocenters. The van der Waals surface area contributed by atoms with Crippen molar-refractivity contribution < 1.29 is 14.4 Å². The Bertz CT molecular complexity index is 1110. The molecule has 1 N–H and O–H groups in total. The van der Waals surface area contributed by atoms with Gasteiger partial charge < -0.3 is 19.4 Å². The number of nitrogens with zero attached hydrogens (tertiary/aromatic N) is 3. The molecule has 0 aliphatic carbocycles. The predicted octanol–water partition coefficient (Wildman–Crippen LogP) is 5.21. The van der Waals surface area contributed by atoms with Gasteiger partial charge in [-0.1, -0.05) is 28.9 Å². The molecule has 1 aromatic carbocycles. The molecule has 0 saturated carbocycles. The molecule has 2 aromatic rings. The molecule has 3 aliphatic heterocycles. The molecule has 1 atom stereocenters. The van der Waals surface area contributed by atoms with Gasteiger partial charge >= 0.3 is 0 Å². The summed E-state index contributed by atoms with van der Waals surface area (Å²) in [5.74, 6) is 0.689. The first-order chi connectivity index (χ1) is 17.1. The maximum Gasteiger partial charge on any atom is 0.172 e. The molecule has 0 amide bonds. The number of hydrogen-bond donors (Lipinski definition) is 1. The van der Waals surface area contributed by atoms with Crippen molar-refractivity contribution in [1.82, 2.24) is 4.90 Å². The number of anilines is 1. The van der Waals surface area contributed by atoms with Crippen LogP contribution < -0.4 is 4.90 Å². The van der Waals surface area contributed by atoms with Gasteiger partial charge in [0.15, 0.2) is 5.78 Å². The summed E-state index contributed by atoms with van der Waals surface area (Å²) in [6.45, 7) is 4.89. The van der Waals surface area contributed by atoms with Gasteiger partial charge in [-0.15, -0.1) is 11.3 Å². The number of Topliss-reactive ketones (excluding diaryl/α,β-unsaturated/α-hetero) is 1. The highest BCUT2D eigenvalue weighted by molar-refractivity contribution is 7.18. The second-order valence-corrected chi connectivity index (χ2v) is 11.0. The maximum atomic E-state index is 12.5. The van der Waals surface area contributed by atoms with Crippen LogP contribution in [0.3, 0.4) is 0 Å². The second kappa shape index (κ2) is 11.1. The van der Waals surface area contributed by atoms with Crippen LogP contribution in [0.25, 0.3) is 0 Å². The van der Waals surface area contributed by atoms with Crippen molar-refractivity contribution in [3.63, 3.8) is 0 Å². The summed E-state index contributed by atoms with van der Waals surface area (Å²) in [6, 6.07) is 9.80. The third kappa shape index (κ3) is 5.71. The summed E-state index contributed by atoms with van der Waals surface area (Å²) in [6.07, 6.45) is 5.11. The number of benzene rings is 1. The Kier molecular flexibility index (Phi) is 7.70.